The Morgan fingerprint density at radius 2 is 1.74 bits per heavy atom. The number of hydrogen-bond donors (Lipinski definition) is 0. The van der Waals surface area contributed by atoms with Gasteiger partial charge < -0.3 is 24.0 Å². The summed E-state index contributed by atoms with van der Waals surface area (Å²) in [5.74, 6) is 1.50. The molecule has 2 aromatic rings. The third-order valence-electron chi connectivity index (χ3n) is 10.4. The number of carbonyl (C=O) groups is 1. The molecule has 6 nitrogen and oxygen atoms in total. The summed E-state index contributed by atoms with van der Waals surface area (Å²) in [5, 5.41) is 0. The molecule has 0 aromatic heterocycles. The number of halogens is 3. The highest BCUT2D eigenvalue weighted by Crippen LogP contribution is 2.49. The van der Waals surface area contributed by atoms with Gasteiger partial charge in [-0.05, 0) is 81.6 Å². The summed E-state index contributed by atoms with van der Waals surface area (Å²) in [4.78, 5) is 18.2. The van der Waals surface area contributed by atoms with E-state index in [4.69, 9.17) is 14.2 Å². The summed E-state index contributed by atoms with van der Waals surface area (Å²) in [5.41, 5.74) is 0.213. The van der Waals surface area contributed by atoms with E-state index in [2.05, 4.69) is 25.7 Å². The number of alkyl halides is 3. The van der Waals surface area contributed by atoms with Gasteiger partial charge >= 0.3 is 6.18 Å². The van der Waals surface area contributed by atoms with Gasteiger partial charge in [0.15, 0.2) is 19.3 Å². The number of carbonyl (C=O) groups excluding carboxylic acids is 1. The Labute approximate surface area is 252 Å². The van der Waals surface area contributed by atoms with Crippen LogP contribution in [0.5, 0.6) is 5.75 Å². The van der Waals surface area contributed by atoms with E-state index in [-0.39, 0.29) is 37.7 Å². The normalized spacial score (nSPS) is 29.2. The van der Waals surface area contributed by atoms with Crippen LogP contribution in [0.3, 0.4) is 0 Å². The standard InChI is InChI=1S/C34H43F3N2O4/c1-22(2)33(32(40)39-20-26-18-27(34(35,36)37)9-10-29(26)41-21-39)14-11-28(19-33)38-15-12-24(13-16-38)17-23(3)30-42-31(43-30)25-7-5-4-6-8-25/h4-10,18,22-24,28,30-31H,11-17,19-21H2,1-3H3/t23?,28-,30?,31?,33+/m1/s1. The number of benzene rings is 2. The number of amides is 1. The summed E-state index contributed by atoms with van der Waals surface area (Å²) < 4.78 is 57.9. The van der Waals surface area contributed by atoms with E-state index in [1.54, 1.807) is 4.90 Å². The quantitative estimate of drug-likeness (QED) is 0.332. The topological polar surface area (TPSA) is 51.2 Å². The molecule has 0 bridgehead atoms. The maximum atomic E-state index is 14.1. The van der Waals surface area contributed by atoms with E-state index in [0.29, 0.717) is 29.2 Å². The molecule has 9 heteroatoms. The monoisotopic (exact) mass is 600 g/mol. The van der Waals surface area contributed by atoms with Crippen LogP contribution >= 0.6 is 0 Å². The fourth-order valence-electron chi connectivity index (χ4n) is 7.67. The Morgan fingerprint density at radius 3 is 2.42 bits per heavy atom. The predicted octanol–water partition coefficient (Wildman–Crippen LogP) is 7.39. The van der Waals surface area contributed by atoms with Crippen LogP contribution in [0.2, 0.25) is 0 Å². The summed E-state index contributed by atoms with van der Waals surface area (Å²) in [7, 11) is 0. The average Bonchev–Trinajstić information content (AvgIpc) is 3.43. The summed E-state index contributed by atoms with van der Waals surface area (Å²) in [6.45, 7) is 8.66. The second kappa shape index (κ2) is 12.1. The number of fused-ring (bicyclic) bond motifs is 1. The summed E-state index contributed by atoms with van der Waals surface area (Å²) in [6.07, 6.45) is 0.996. The second-order valence-corrected chi connectivity index (χ2v) is 13.4. The Morgan fingerprint density at radius 1 is 1.02 bits per heavy atom. The van der Waals surface area contributed by atoms with Crippen LogP contribution in [-0.4, -0.2) is 47.9 Å². The SMILES string of the molecule is CC(CC1CCN([C@@H]2CC[C@@](C(=O)N3COc4ccc(C(F)(F)F)cc4C3)(C(C)C)C2)CC1)C1OC(c2ccccc2)O1. The van der Waals surface area contributed by atoms with Crippen molar-refractivity contribution in [3.63, 3.8) is 0 Å². The third-order valence-corrected chi connectivity index (χ3v) is 10.4. The van der Waals surface area contributed by atoms with Gasteiger partial charge in [0, 0.05) is 23.1 Å². The van der Waals surface area contributed by atoms with Crippen molar-refractivity contribution >= 4 is 5.91 Å². The molecule has 1 unspecified atom stereocenters. The molecule has 3 heterocycles. The molecule has 0 N–H and O–H groups in total. The zero-order valence-corrected chi connectivity index (χ0v) is 25.3. The van der Waals surface area contributed by atoms with E-state index in [1.807, 2.05) is 30.3 Å². The van der Waals surface area contributed by atoms with Crippen LogP contribution in [-0.2, 0) is 27.0 Å². The van der Waals surface area contributed by atoms with E-state index in [9.17, 15) is 18.0 Å². The van der Waals surface area contributed by atoms with Gasteiger partial charge in [-0.1, -0.05) is 51.1 Å². The first kappa shape index (κ1) is 30.4. The maximum Gasteiger partial charge on any atom is 0.416 e. The Kier molecular flexibility index (Phi) is 8.52. The van der Waals surface area contributed by atoms with E-state index in [1.165, 1.54) is 6.07 Å². The molecule has 2 saturated heterocycles. The highest BCUT2D eigenvalue weighted by atomic mass is 19.4. The number of nitrogens with zero attached hydrogens (tertiary/aromatic N) is 2. The van der Waals surface area contributed by atoms with Crippen molar-refractivity contribution in [1.29, 1.82) is 0 Å². The molecule has 1 amide bonds. The second-order valence-electron chi connectivity index (χ2n) is 13.4. The van der Waals surface area contributed by atoms with Crippen LogP contribution in [0.4, 0.5) is 13.2 Å². The Bertz CT molecular complexity index is 1270. The van der Waals surface area contributed by atoms with Gasteiger partial charge in [0.1, 0.15) is 5.75 Å². The van der Waals surface area contributed by atoms with Gasteiger partial charge in [0.25, 0.3) is 0 Å². The van der Waals surface area contributed by atoms with E-state index < -0.39 is 17.2 Å². The smallest absolute Gasteiger partial charge is 0.416 e. The zero-order chi connectivity index (χ0) is 30.4. The fourth-order valence-corrected chi connectivity index (χ4v) is 7.67. The lowest BCUT2D eigenvalue weighted by molar-refractivity contribution is -0.405. The largest absolute Gasteiger partial charge is 0.473 e. The lowest BCUT2D eigenvalue weighted by Gasteiger charge is -2.42. The van der Waals surface area contributed by atoms with Crippen molar-refractivity contribution < 1.29 is 32.2 Å². The highest BCUT2D eigenvalue weighted by molar-refractivity contribution is 5.83. The minimum absolute atomic E-state index is 0.00563. The zero-order valence-electron chi connectivity index (χ0n) is 25.3. The van der Waals surface area contributed by atoms with Crippen LogP contribution in [0.15, 0.2) is 48.5 Å². The molecule has 43 heavy (non-hydrogen) atoms. The van der Waals surface area contributed by atoms with E-state index >= 15 is 0 Å². The highest BCUT2D eigenvalue weighted by Gasteiger charge is 2.51. The Hall–Kier alpha value is -2.62. The van der Waals surface area contributed by atoms with Gasteiger partial charge in [-0.2, -0.15) is 13.2 Å². The van der Waals surface area contributed by atoms with Crippen LogP contribution in [0.1, 0.15) is 82.3 Å². The molecule has 4 aliphatic rings. The van der Waals surface area contributed by atoms with Crippen molar-refractivity contribution in [1.82, 2.24) is 9.80 Å². The van der Waals surface area contributed by atoms with Crippen molar-refractivity contribution in [3.05, 3.63) is 65.2 Å². The molecular formula is C34H43F3N2O4. The van der Waals surface area contributed by atoms with Gasteiger partial charge in [-0.25, -0.2) is 0 Å². The van der Waals surface area contributed by atoms with Crippen LogP contribution in [0.25, 0.3) is 0 Å². The molecule has 3 aliphatic heterocycles. The Balaban J connectivity index is 1.01. The number of likely N-dealkylation sites (tertiary alicyclic amines) is 1. The first-order valence-corrected chi connectivity index (χ1v) is 15.8. The molecule has 6 rings (SSSR count). The van der Waals surface area contributed by atoms with Crippen molar-refractivity contribution in [2.75, 3.05) is 19.8 Å². The lowest BCUT2D eigenvalue weighted by atomic mass is 9.74. The average molecular weight is 601 g/mol. The summed E-state index contributed by atoms with van der Waals surface area (Å²) >= 11 is 0. The molecule has 1 saturated carbocycles. The minimum atomic E-state index is -4.44. The molecule has 2 aromatic carbocycles. The number of piperidine rings is 1. The minimum Gasteiger partial charge on any atom is -0.473 e. The molecule has 234 valence electrons. The molecule has 0 radical (unpaired) electrons. The third kappa shape index (κ3) is 6.18. The van der Waals surface area contributed by atoms with Gasteiger partial charge in [-0.15, -0.1) is 0 Å². The number of rotatable bonds is 7. The predicted molar refractivity (Wildman–Crippen MR) is 156 cm³/mol. The van der Waals surface area contributed by atoms with E-state index in [0.717, 1.165) is 69.3 Å². The van der Waals surface area contributed by atoms with Crippen molar-refractivity contribution in [3.8, 4) is 5.75 Å². The molecule has 0 spiro atoms. The molecule has 3 fully saturated rings. The molecule has 3 atom stereocenters. The number of hydrogen-bond acceptors (Lipinski definition) is 5. The first-order chi connectivity index (χ1) is 20.5. The molecular weight excluding hydrogens is 557 g/mol. The van der Waals surface area contributed by atoms with Gasteiger partial charge in [-0.3, -0.25) is 4.79 Å². The van der Waals surface area contributed by atoms with Gasteiger partial charge in [0.2, 0.25) is 5.91 Å². The first-order valence-electron chi connectivity index (χ1n) is 15.8. The lowest BCUT2D eigenvalue weighted by Crippen LogP contribution is -2.49. The van der Waals surface area contributed by atoms with Crippen molar-refractivity contribution in [2.45, 2.75) is 90.6 Å². The van der Waals surface area contributed by atoms with Crippen LogP contribution < -0.4 is 4.74 Å². The molecule has 1 aliphatic carbocycles. The number of ether oxygens (including phenoxy) is 3. The van der Waals surface area contributed by atoms with Crippen LogP contribution in [0, 0.1) is 23.2 Å². The maximum absolute atomic E-state index is 14.1. The van der Waals surface area contributed by atoms with Gasteiger partial charge in [0.05, 0.1) is 17.5 Å². The summed E-state index contributed by atoms with van der Waals surface area (Å²) in [6, 6.07) is 13.9. The fraction of sp³-hybridized carbons (Fsp3) is 0.618. The van der Waals surface area contributed by atoms with Crippen molar-refractivity contribution in [2.24, 2.45) is 23.2 Å².